The average Bonchev–Trinajstić information content (AvgIpc) is 3.09. The first kappa shape index (κ1) is 17.3. The number of amides is 2. The lowest BCUT2D eigenvalue weighted by Crippen LogP contribution is -2.42. The van der Waals surface area contributed by atoms with Crippen LogP contribution in [0.4, 0.5) is 5.69 Å². The number of likely N-dealkylation sites (N-methyl/N-ethyl adjacent to an activating group) is 1. The molecular formula is C17H25N3O3. The summed E-state index contributed by atoms with van der Waals surface area (Å²) < 4.78 is 5.09. The molecule has 2 rings (SSSR count). The van der Waals surface area contributed by atoms with E-state index >= 15 is 0 Å². The molecule has 1 aromatic carbocycles. The van der Waals surface area contributed by atoms with Crippen LogP contribution in [0.2, 0.25) is 0 Å². The summed E-state index contributed by atoms with van der Waals surface area (Å²) in [6.07, 6.45) is 2.16. The van der Waals surface area contributed by atoms with Crippen molar-refractivity contribution in [2.75, 3.05) is 45.2 Å². The second-order valence-electron chi connectivity index (χ2n) is 5.67. The number of benzene rings is 1. The quantitative estimate of drug-likeness (QED) is 0.829. The van der Waals surface area contributed by atoms with E-state index in [2.05, 4.69) is 5.32 Å². The first-order chi connectivity index (χ1) is 11.1. The number of ether oxygens (including phenoxy) is 1. The number of methoxy groups -OCH3 is 1. The van der Waals surface area contributed by atoms with Crippen LogP contribution in [0, 0.1) is 0 Å². The number of anilines is 1. The van der Waals surface area contributed by atoms with Crippen LogP contribution in [-0.4, -0.2) is 61.4 Å². The van der Waals surface area contributed by atoms with Gasteiger partial charge in [0.15, 0.2) is 0 Å². The summed E-state index contributed by atoms with van der Waals surface area (Å²) in [5, 5.41) is 2.84. The second-order valence-corrected chi connectivity index (χ2v) is 5.67. The van der Waals surface area contributed by atoms with Crippen LogP contribution in [0.1, 0.15) is 19.8 Å². The first-order valence-electron chi connectivity index (χ1n) is 8.06. The fourth-order valence-electron chi connectivity index (χ4n) is 2.62. The summed E-state index contributed by atoms with van der Waals surface area (Å²) in [6.45, 7) is 4.81. The van der Waals surface area contributed by atoms with E-state index in [9.17, 15) is 9.59 Å². The molecule has 0 aromatic heterocycles. The monoisotopic (exact) mass is 319 g/mol. The zero-order valence-electron chi connectivity index (χ0n) is 13.9. The molecule has 0 saturated carbocycles. The summed E-state index contributed by atoms with van der Waals surface area (Å²) in [5.41, 5.74) is 0.720. The van der Waals surface area contributed by atoms with Crippen molar-refractivity contribution < 1.29 is 14.3 Å². The summed E-state index contributed by atoms with van der Waals surface area (Å²) in [5.74, 6) is 0.738. The number of rotatable bonds is 7. The Labute approximate surface area is 137 Å². The zero-order valence-corrected chi connectivity index (χ0v) is 13.9. The van der Waals surface area contributed by atoms with Gasteiger partial charge in [-0.25, -0.2) is 0 Å². The molecule has 126 valence electrons. The molecule has 0 bridgehead atoms. The normalized spacial score (nSPS) is 14.1. The van der Waals surface area contributed by atoms with E-state index in [-0.39, 0.29) is 18.4 Å². The SMILES string of the molecule is CCN(CC(=O)Nc1ccc(OC)cc1)CC(=O)N1CCCC1. The van der Waals surface area contributed by atoms with Crippen molar-refractivity contribution in [2.24, 2.45) is 0 Å². The summed E-state index contributed by atoms with van der Waals surface area (Å²) in [7, 11) is 1.60. The molecule has 1 heterocycles. The molecule has 0 spiro atoms. The summed E-state index contributed by atoms with van der Waals surface area (Å²) >= 11 is 0. The lowest BCUT2D eigenvalue weighted by Gasteiger charge is -2.23. The first-order valence-corrected chi connectivity index (χ1v) is 8.06. The molecule has 1 saturated heterocycles. The maximum Gasteiger partial charge on any atom is 0.238 e. The van der Waals surface area contributed by atoms with Crippen LogP contribution >= 0.6 is 0 Å². The Morgan fingerprint density at radius 3 is 2.39 bits per heavy atom. The van der Waals surface area contributed by atoms with Gasteiger partial charge in [-0.1, -0.05) is 6.92 Å². The molecule has 1 aliphatic rings. The number of likely N-dealkylation sites (tertiary alicyclic amines) is 1. The fourth-order valence-corrected chi connectivity index (χ4v) is 2.62. The Morgan fingerprint density at radius 2 is 1.83 bits per heavy atom. The molecule has 1 aliphatic heterocycles. The minimum Gasteiger partial charge on any atom is -0.497 e. The van der Waals surface area contributed by atoms with Gasteiger partial charge in [-0.3, -0.25) is 14.5 Å². The molecule has 0 aliphatic carbocycles. The van der Waals surface area contributed by atoms with Crippen LogP contribution in [0.5, 0.6) is 5.75 Å². The number of carbonyl (C=O) groups excluding carboxylic acids is 2. The van der Waals surface area contributed by atoms with E-state index in [0.717, 1.165) is 37.4 Å². The van der Waals surface area contributed by atoms with Crippen LogP contribution in [0.25, 0.3) is 0 Å². The van der Waals surface area contributed by atoms with Gasteiger partial charge in [0.1, 0.15) is 5.75 Å². The third-order valence-electron chi connectivity index (χ3n) is 4.01. The van der Waals surface area contributed by atoms with Gasteiger partial charge in [0.05, 0.1) is 20.2 Å². The second kappa shape index (κ2) is 8.53. The molecule has 1 fully saturated rings. The molecule has 1 N–H and O–H groups in total. The van der Waals surface area contributed by atoms with Crippen molar-refractivity contribution >= 4 is 17.5 Å². The summed E-state index contributed by atoms with van der Waals surface area (Å²) in [6, 6.07) is 7.18. The van der Waals surface area contributed by atoms with Gasteiger partial charge in [-0.15, -0.1) is 0 Å². The van der Waals surface area contributed by atoms with E-state index in [4.69, 9.17) is 4.74 Å². The van der Waals surface area contributed by atoms with Gasteiger partial charge in [-0.2, -0.15) is 0 Å². The molecule has 0 radical (unpaired) electrons. The third kappa shape index (κ3) is 5.25. The predicted molar refractivity (Wildman–Crippen MR) is 89.6 cm³/mol. The molecule has 2 amide bonds. The van der Waals surface area contributed by atoms with E-state index in [1.807, 2.05) is 16.7 Å². The smallest absolute Gasteiger partial charge is 0.238 e. The standard InChI is InChI=1S/C17H25N3O3/c1-3-19(13-17(22)20-10-4-5-11-20)12-16(21)18-14-6-8-15(23-2)9-7-14/h6-9H,3-5,10-13H2,1-2H3,(H,18,21). The Balaban J connectivity index is 1.82. The van der Waals surface area contributed by atoms with Gasteiger partial charge in [-0.05, 0) is 43.7 Å². The largest absolute Gasteiger partial charge is 0.497 e. The Bertz CT molecular complexity index is 524. The minimum atomic E-state index is -0.119. The maximum absolute atomic E-state index is 12.2. The number of nitrogens with one attached hydrogen (secondary N) is 1. The van der Waals surface area contributed by atoms with Crippen molar-refractivity contribution in [3.05, 3.63) is 24.3 Å². The minimum absolute atomic E-state index is 0.113. The van der Waals surface area contributed by atoms with Gasteiger partial charge in [0.25, 0.3) is 0 Å². The van der Waals surface area contributed by atoms with Crippen molar-refractivity contribution in [1.82, 2.24) is 9.80 Å². The van der Waals surface area contributed by atoms with Gasteiger partial charge in [0, 0.05) is 18.8 Å². The third-order valence-corrected chi connectivity index (χ3v) is 4.01. The highest BCUT2D eigenvalue weighted by Crippen LogP contribution is 2.15. The molecule has 23 heavy (non-hydrogen) atoms. The van der Waals surface area contributed by atoms with Crippen molar-refractivity contribution in [1.29, 1.82) is 0 Å². The zero-order chi connectivity index (χ0) is 16.7. The number of hydrogen-bond acceptors (Lipinski definition) is 4. The fraction of sp³-hybridized carbons (Fsp3) is 0.529. The predicted octanol–water partition coefficient (Wildman–Crippen LogP) is 1.58. The highest BCUT2D eigenvalue weighted by molar-refractivity contribution is 5.92. The molecule has 0 atom stereocenters. The number of carbonyl (C=O) groups is 2. The van der Waals surface area contributed by atoms with Crippen molar-refractivity contribution in [2.45, 2.75) is 19.8 Å². The molecular weight excluding hydrogens is 294 g/mol. The highest BCUT2D eigenvalue weighted by atomic mass is 16.5. The Kier molecular flexibility index (Phi) is 6.40. The molecule has 1 aromatic rings. The average molecular weight is 319 g/mol. The molecule has 0 unspecified atom stereocenters. The van der Waals surface area contributed by atoms with Crippen LogP contribution < -0.4 is 10.1 Å². The topological polar surface area (TPSA) is 61.9 Å². The Hall–Kier alpha value is -2.08. The Morgan fingerprint density at radius 1 is 1.17 bits per heavy atom. The van der Waals surface area contributed by atoms with Gasteiger partial charge in [0.2, 0.25) is 11.8 Å². The van der Waals surface area contributed by atoms with Crippen molar-refractivity contribution in [3.8, 4) is 5.75 Å². The lowest BCUT2D eigenvalue weighted by molar-refractivity contribution is -0.131. The van der Waals surface area contributed by atoms with Crippen LogP contribution in [0.3, 0.4) is 0 Å². The van der Waals surface area contributed by atoms with Crippen LogP contribution in [-0.2, 0) is 9.59 Å². The molecule has 6 nitrogen and oxygen atoms in total. The number of hydrogen-bond donors (Lipinski definition) is 1. The number of nitrogens with zero attached hydrogens (tertiary/aromatic N) is 2. The van der Waals surface area contributed by atoms with E-state index < -0.39 is 0 Å². The van der Waals surface area contributed by atoms with Gasteiger partial charge >= 0.3 is 0 Å². The molecule has 6 heteroatoms. The lowest BCUT2D eigenvalue weighted by atomic mass is 10.3. The highest BCUT2D eigenvalue weighted by Gasteiger charge is 2.20. The van der Waals surface area contributed by atoms with E-state index in [1.54, 1.807) is 31.4 Å². The van der Waals surface area contributed by atoms with Crippen molar-refractivity contribution in [3.63, 3.8) is 0 Å². The van der Waals surface area contributed by atoms with Gasteiger partial charge < -0.3 is 15.0 Å². The van der Waals surface area contributed by atoms with E-state index in [0.29, 0.717) is 13.1 Å². The van der Waals surface area contributed by atoms with Crippen LogP contribution in [0.15, 0.2) is 24.3 Å². The van der Waals surface area contributed by atoms with E-state index in [1.165, 1.54) is 0 Å². The maximum atomic E-state index is 12.2. The summed E-state index contributed by atoms with van der Waals surface area (Å²) in [4.78, 5) is 28.0.